The molecule has 2 N–H and O–H groups in total. The number of thiophene rings is 6. The summed E-state index contributed by atoms with van der Waals surface area (Å²) in [7, 11) is 10.8. The van der Waals surface area contributed by atoms with Gasteiger partial charge < -0.3 is 35.0 Å². The number of hydrogen-bond acceptors (Lipinski definition) is 20. The van der Waals surface area contributed by atoms with Crippen molar-refractivity contribution in [2.45, 2.75) is 90.7 Å². The van der Waals surface area contributed by atoms with Crippen LogP contribution in [0.5, 0.6) is 0 Å². The Kier molecular flexibility index (Phi) is 37.0. The molecule has 0 spiro atoms. The Bertz CT molecular complexity index is 6940. The predicted molar refractivity (Wildman–Crippen MR) is 517 cm³/mol. The summed E-state index contributed by atoms with van der Waals surface area (Å²) in [6.45, 7) is 12.3. The normalized spacial score (nSPS) is 12.3. The first-order valence-electron chi connectivity index (χ1n) is 43.4. The number of alkyl halides is 18. The molecular formula is C94H90ClF18N19O7S6. The molecule has 1 aliphatic heterocycles. The maximum atomic E-state index is 12.9. The van der Waals surface area contributed by atoms with Gasteiger partial charge in [-0.15, -0.1) is 68.0 Å². The number of hydrogen-bond donors (Lipinski definition) is 2. The number of carbonyl (C=O) groups excluding carboxylic acids is 6. The van der Waals surface area contributed by atoms with E-state index in [1.807, 2.05) is 64.1 Å². The minimum atomic E-state index is -4.48. The Balaban J connectivity index is 0.000000166. The first-order valence-corrected chi connectivity index (χ1v) is 48.6. The van der Waals surface area contributed by atoms with E-state index < -0.39 is 71.2 Å². The number of rotatable bonds is 22. The van der Waals surface area contributed by atoms with E-state index in [9.17, 15) is 108 Å². The molecule has 0 aliphatic carbocycles. The van der Waals surface area contributed by atoms with E-state index in [0.717, 1.165) is 168 Å². The van der Waals surface area contributed by atoms with Gasteiger partial charge in [-0.1, -0.05) is 55.3 Å². The van der Waals surface area contributed by atoms with E-state index in [1.54, 1.807) is 138 Å². The molecule has 145 heavy (non-hydrogen) atoms. The molecule has 0 unspecified atom stereocenters. The molecule has 2 aromatic carbocycles. The number of ether oxygens (including phenoxy) is 1. The number of carbonyl (C=O) groups is 6. The Hall–Kier alpha value is -13.1. The summed E-state index contributed by atoms with van der Waals surface area (Å²) in [5, 5.41) is 29.5. The number of amides is 6. The van der Waals surface area contributed by atoms with E-state index in [-0.39, 0.29) is 69.6 Å². The fourth-order valence-corrected chi connectivity index (χ4v) is 19.3. The highest BCUT2D eigenvalue weighted by molar-refractivity contribution is 7.19. The van der Waals surface area contributed by atoms with Gasteiger partial charge in [0.05, 0.1) is 71.7 Å². The second kappa shape index (κ2) is 47.8. The maximum absolute atomic E-state index is 12.9. The minimum Gasteiger partial charge on any atom is -0.378 e. The number of pyridine rings is 1. The van der Waals surface area contributed by atoms with Crippen molar-refractivity contribution in [2.24, 2.45) is 42.3 Å². The second-order valence-electron chi connectivity index (χ2n) is 31.8. The van der Waals surface area contributed by atoms with Crippen LogP contribution in [0.25, 0.3) is 63.4 Å². The van der Waals surface area contributed by atoms with Crippen molar-refractivity contribution in [3.05, 3.63) is 267 Å². The summed E-state index contributed by atoms with van der Waals surface area (Å²) in [5.74, 6) is -1.18. The molecular weight excluding hydrogens is 2080 g/mol. The number of anilines is 1. The smallest absolute Gasteiger partial charge is 0.378 e. The van der Waals surface area contributed by atoms with Gasteiger partial charge >= 0.3 is 37.1 Å². The fraction of sp³-hybridized carbons (Fsp3) is 0.309. The highest BCUT2D eigenvalue weighted by Gasteiger charge is 2.41. The Morgan fingerprint density at radius 1 is 0.386 bits per heavy atom. The number of nitrogens with one attached hydrogen (secondary N) is 2. The molecule has 0 saturated carbocycles. The quantitative estimate of drug-likeness (QED) is 0.0598. The lowest BCUT2D eigenvalue weighted by atomic mass is 10.2. The Morgan fingerprint density at radius 2 is 0.703 bits per heavy atom. The zero-order chi connectivity index (χ0) is 106. The second-order valence-corrected chi connectivity index (χ2v) is 38.7. The third kappa shape index (κ3) is 29.6. The SMILES string of the molecule is CCCN(C)C(=O)c1ccc(-c2cc(C(F)(F)F)n(C)n2)s1.CCCNC(=O)c1ccc(-c2cc(C(F)(F)F)n(C)n2)s1.CCN(Cc1ccncc1)C(=O)c1ccc(-c2cc(C(F)(F)F)n(C)n2)s1.Cc1ccc(N(C)C(=O)c2ccc(-c3cc(C(F)(F)F)n(C)n3)s2)cc1.Cn1nc(-c2ccc(C(=O)N3CCOCC3)s2)cc1C(F)(F)F.Cn1nc(-c2ccc(C(=O)NCc3ccc(Cl)cc3)s2)cc1C(F)(F)F. The number of aromatic nitrogens is 13. The number of benzene rings is 2. The van der Waals surface area contributed by atoms with Gasteiger partial charge in [-0.2, -0.15) is 110 Å². The molecule has 772 valence electrons. The Morgan fingerprint density at radius 3 is 1.03 bits per heavy atom. The molecule has 6 amide bonds. The summed E-state index contributed by atoms with van der Waals surface area (Å²) in [5.41, 5.74) is -0.0442. The van der Waals surface area contributed by atoms with Crippen LogP contribution in [0.15, 0.2) is 182 Å². The lowest BCUT2D eigenvalue weighted by Crippen LogP contribution is -2.40. The van der Waals surface area contributed by atoms with Crippen LogP contribution in [0.1, 0.15) is 142 Å². The molecule has 1 aliphatic rings. The van der Waals surface area contributed by atoms with Gasteiger partial charge in [0.2, 0.25) is 0 Å². The van der Waals surface area contributed by atoms with E-state index in [2.05, 4.69) is 46.2 Å². The van der Waals surface area contributed by atoms with Crippen LogP contribution in [-0.4, -0.2) is 174 Å². The average Bonchev–Trinajstić information content (AvgIpc) is 1.68. The average molecular weight is 2170 g/mol. The third-order valence-corrected chi connectivity index (χ3v) is 27.9. The van der Waals surface area contributed by atoms with E-state index >= 15 is 0 Å². The van der Waals surface area contributed by atoms with E-state index in [0.29, 0.717) is 123 Å². The highest BCUT2D eigenvalue weighted by atomic mass is 35.5. The largest absolute Gasteiger partial charge is 0.433 e. The summed E-state index contributed by atoms with van der Waals surface area (Å²) in [4.78, 5) is 90.2. The molecule has 14 heterocycles. The molecule has 0 atom stereocenters. The van der Waals surface area contributed by atoms with Crippen molar-refractivity contribution in [1.29, 1.82) is 0 Å². The van der Waals surface area contributed by atoms with Crippen LogP contribution in [0, 0.1) is 6.92 Å². The van der Waals surface area contributed by atoms with Crippen molar-refractivity contribution in [3.63, 3.8) is 0 Å². The number of aryl methyl sites for hydroxylation is 7. The van der Waals surface area contributed by atoms with Gasteiger partial charge in [-0.3, -0.25) is 61.8 Å². The standard InChI is InChI=1S/C18H17F3N4OS.C18H16F3N3OS.C17H13ClF3N3OS.C14H14F3N3O2S.C14H16F3N3OS.C13H14F3N3OS/c1-3-25(11-12-6-8-22-9-7-12)17(26)15-5-4-14(27-15)13-10-16(18(19,20)21)24(2)23-13;1-11-4-6-12(7-5-11)23(2)17(25)15-9-8-14(26-15)13-10-16(18(19,20)21)24(3)22-13;1-24-15(17(19,20)21)8-12(23-24)13-6-7-14(26-13)16(25)22-9-10-2-4-11(18)5-3-10;1-19-12(14(15,16)17)8-9(18-19)10-2-3-11(23-10)13(21)20-4-6-22-7-5-20;1-4-7-19(2)13(21)11-6-5-10(22-11)9-8-12(14(15,16)17)20(3)18-9;1-3-6-17-12(20)10-5-4-9(21-10)8-7-11(13(14,15)16)19(2)18-8/h4-10H,3,11H2,1-2H3;4-10H,1-3H3;2-8H,9H2,1H3,(H,22,25);2-3,8H,4-7H2,1H3;5-6,8H,4,7H2,1-3H3;4-5,7H,3,6H2,1-2H3,(H,17,20). The molecule has 1 saturated heterocycles. The molecule has 0 bridgehead atoms. The first kappa shape index (κ1) is 112. The van der Waals surface area contributed by atoms with Crippen LogP contribution in [-0.2, 0) is 97.2 Å². The van der Waals surface area contributed by atoms with E-state index in [1.165, 1.54) is 47.2 Å². The molecule has 26 nitrogen and oxygen atoms in total. The minimum absolute atomic E-state index is 0.128. The third-order valence-electron chi connectivity index (χ3n) is 21.1. The van der Waals surface area contributed by atoms with Crippen LogP contribution in [0.2, 0.25) is 5.02 Å². The van der Waals surface area contributed by atoms with Gasteiger partial charge in [0.1, 0.15) is 68.3 Å². The number of nitrogens with zero attached hydrogens (tertiary/aromatic N) is 17. The maximum Gasteiger partial charge on any atom is 0.433 e. The first-order chi connectivity index (χ1) is 68.1. The van der Waals surface area contributed by atoms with Crippen LogP contribution >= 0.6 is 79.6 Å². The number of morpholine rings is 1. The topological polar surface area (TPSA) is 268 Å². The summed E-state index contributed by atoms with van der Waals surface area (Å²) in [6, 6.07) is 43.5. The molecule has 1 fully saturated rings. The van der Waals surface area contributed by atoms with E-state index in [4.69, 9.17) is 16.3 Å². The van der Waals surface area contributed by atoms with Gasteiger partial charge in [0.25, 0.3) is 35.4 Å². The van der Waals surface area contributed by atoms with Gasteiger partial charge in [0, 0.05) is 125 Å². The lowest BCUT2D eigenvalue weighted by Gasteiger charge is -2.26. The van der Waals surface area contributed by atoms with Gasteiger partial charge in [-0.25, -0.2) is 0 Å². The van der Waals surface area contributed by atoms with Crippen LogP contribution < -0.4 is 15.5 Å². The van der Waals surface area contributed by atoms with Gasteiger partial charge in [-0.05, 0) is 183 Å². The van der Waals surface area contributed by atoms with Crippen molar-refractivity contribution in [1.82, 2.24) is 89.0 Å². The zero-order valence-electron chi connectivity index (χ0n) is 78.7. The van der Waals surface area contributed by atoms with Gasteiger partial charge in [0.15, 0.2) is 0 Å². The van der Waals surface area contributed by atoms with Crippen molar-refractivity contribution < 1.29 is 113 Å². The molecule has 16 rings (SSSR count). The van der Waals surface area contributed by atoms with Crippen molar-refractivity contribution in [2.75, 3.05) is 64.9 Å². The monoisotopic (exact) mass is 2170 g/mol. The molecule has 15 aromatic rings. The molecule has 0 radical (unpaired) electrons. The van der Waals surface area contributed by atoms with Crippen LogP contribution in [0.4, 0.5) is 84.7 Å². The van der Waals surface area contributed by atoms with Crippen molar-refractivity contribution in [3.8, 4) is 63.4 Å². The summed E-state index contributed by atoms with van der Waals surface area (Å²) in [6.07, 6.45) is -21.8. The Labute approximate surface area is 845 Å². The van der Waals surface area contributed by atoms with Crippen LogP contribution in [0.3, 0.4) is 0 Å². The predicted octanol–water partition coefficient (Wildman–Crippen LogP) is 23.3. The molecule has 51 heteroatoms. The lowest BCUT2D eigenvalue weighted by molar-refractivity contribution is -0.144. The fourth-order valence-electron chi connectivity index (χ4n) is 13.7. The highest BCUT2D eigenvalue weighted by Crippen LogP contribution is 2.43. The zero-order valence-corrected chi connectivity index (χ0v) is 84.3. The summed E-state index contributed by atoms with van der Waals surface area (Å²) >= 11 is 12.6. The van der Waals surface area contributed by atoms with Crippen molar-refractivity contribution >= 4 is 121 Å². The summed E-state index contributed by atoms with van der Waals surface area (Å²) < 4.78 is 241. The molecule has 13 aromatic heterocycles. The number of halogens is 19.